The van der Waals surface area contributed by atoms with E-state index < -0.39 is 23.6 Å². The van der Waals surface area contributed by atoms with Crippen LogP contribution in [-0.4, -0.2) is 28.8 Å². The van der Waals surface area contributed by atoms with Crippen LogP contribution >= 0.6 is 11.6 Å². The standard InChI is InChI=1S/C28H29ClF2N2O2/c1-3-19(2)32-28(35)26(16-20-8-5-4-6-9-20)33(18-21-12-14-22(30)15-13-21)27(34)17-23-24(29)10-7-11-25(23)31/h4-15,19,26H,3,16-18H2,1-2H3,(H,32,35)/t19-,26+/m1/s1. The van der Waals surface area contributed by atoms with Gasteiger partial charge in [-0.3, -0.25) is 9.59 Å². The van der Waals surface area contributed by atoms with Gasteiger partial charge < -0.3 is 10.2 Å². The maximum Gasteiger partial charge on any atom is 0.243 e. The molecule has 3 aromatic carbocycles. The molecule has 2 atom stereocenters. The fourth-order valence-electron chi connectivity index (χ4n) is 3.74. The first-order valence-corrected chi connectivity index (χ1v) is 12.0. The summed E-state index contributed by atoms with van der Waals surface area (Å²) in [5.41, 5.74) is 1.59. The van der Waals surface area contributed by atoms with Crippen LogP contribution in [0.4, 0.5) is 8.78 Å². The quantitative estimate of drug-likeness (QED) is 0.389. The lowest BCUT2D eigenvalue weighted by molar-refractivity contribution is -0.141. The molecule has 0 aliphatic heterocycles. The first-order chi connectivity index (χ1) is 16.8. The van der Waals surface area contributed by atoms with Crippen LogP contribution in [0.2, 0.25) is 5.02 Å². The number of carbonyl (C=O) groups is 2. The van der Waals surface area contributed by atoms with Gasteiger partial charge in [0.05, 0.1) is 6.42 Å². The smallest absolute Gasteiger partial charge is 0.243 e. The Labute approximate surface area is 209 Å². The van der Waals surface area contributed by atoms with Gasteiger partial charge in [0, 0.05) is 29.6 Å². The minimum Gasteiger partial charge on any atom is -0.352 e. The summed E-state index contributed by atoms with van der Waals surface area (Å²) in [6.45, 7) is 3.90. The van der Waals surface area contributed by atoms with Crippen LogP contribution in [0.1, 0.15) is 37.0 Å². The number of halogens is 3. The lowest BCUT2D eigenvalue weighted by atomic mass is 10.0. The first-order valence-electron chi connectivity index (χ1n) is 11.6. The molecular weight excluding hydrogens is 470 g/mol. The Kier molecular flexibility index (Phi) is 9.38. The fourth-order valence-corrected chi connectivity index (χ4v) is 3.97. The van der Waals surface area contributed by atoms with Gasteiger partial charge in [0.2, 0.25) is 11.8 Å². The van der Waals surface area contributed by atoms with Gasteiger partial charge in [-0.25, -0.2) is 8.78 Å². The van der Waals surface area contributed by atoms with E-state index in [1.54, 1.807) is 12.1 Å². The molecule has 0 unspecified atom stereocenters. The molecule has 0 bridgehead atoms. The second-order valence-corrected chi connectivity index (χ2v) is 8.96. The average molecular weight is 499 g/mol. The molecule has 0 saturated carbocycles. The second-order valence-electron chi connectivity index (χ2n) is 8.55. The zero-order valence-corrected chi connectivity index (χ0v) is 20.6. The predicted octanol–water partition coefficient (Wildman–Crippen LogP) is 5.72. The van der Waals surface area contributed by atoms with Crippen LogP contribution in [-0.2, 0) is 29.0 Å². The molecule has 2 amide bonds. The zero-order chi connectivity index (χ0) is 25.4. The van der Waals surface area contributed by atoms with Crippen molar-refractivity contribution in [2.45, 2.75) is 51.7 Å². The van der Waals surface area contributed by atoms with Crippen molar-refractivity contribution in [3.05, 3.63) is 106 Å². The Morgan fingerprint density at radius 3 is 2.26 bits per heavy atom. The first kappa shape index (κ1) is 26.4. The molecule has 0 radical (unpaired) electrons. The van der Waals surface area contributed by atoms with Gasteiger partial charge in [0.25, 0.3) is 0 Å². The summed E-state index contributed by atoms with van der Waals surface area (Å²) in [6, 6.07) is 18.4. The van der Waals surface area contributed by atoms with Crippen molar-refractivity contribution >= 4 is 23.4 Å². The van der Waals surface area contributed by atoms with Gasteiger partial charge in [0.1, 0.15) is 17.7 Å². The maximum atomic E-state index is 14.5. The van der Waals surface area contributed by atoms with Crippen molar-refractivity contribution < 1.29 is 18.4 Å². The van der Waals surface area contributed by atoms with E-state index in [0.717, 1.165) is 12.0 Å². The molecule has 0 aliphatic rings. The molecule has 4 nitrogen and oxygen atoms in total. The lowest BCUT2D eigenvalue weighted by Gasteiger charge is -2.32. The molecule has 0 spiro atoms. The zero-order valence-electron chi connectivity index (χ0n) is 19.8. The number of hydrogen-bond acceptors (Lipinski definition) is 2. The number of amides is 2. The third-order valence-electron chi connectivity index (χ3n) is 5.93. The molecule has 0 heterocycles. The fraction of sp³-hybridized carbons (Fsp3) is 0.286. The Hall–Kier alpha value is -3.25. The Balaban J connectivity index is 2.00. The van der Waals surface area contributed by atoms with Crippen LogP contribution < -0.4 is 5.32 Å². The van der Waals surface area contributed by atoms with Gasteiger partial charge in [0.15, 0.2) is 0 Å². The minimum atomic E-state index is -0.866. The topological polar surface area (TPSA) is 49.4 Å². The van der Waals surface area contributed by atoms with Gasteiger partial charge in [-0.15, -0.1) is 0 Å². The van der Waals surface area contributed by atoms with Crippen LogP contribution in [0.5, 0.6) is 0 Å². The van der Waals surface area contributed by atoms with Crippen LogP contribution in [0, 0.1) is 11.6 Å². The largest absolute Gasteiger partial charge is 0.352 e. The monoisotopic (exact) mass is 498 g/mol. The van der Waals surface area contributed by atoms with E-state index in [2.05, 4.69) is 5.32 Å². The van der Waals surface area contributed by atoms with E-state index in [4.69, 9.17) is 11.6 Å². The van der Waals surface area contributed by atoms with Crippen molar-refractivity contribution in [1.29, 1.82) is 0 Å². The number of nitrogens with zero attached hydrogens (tertiary/aromatic N) is 1. The molecule has 0 aliphatic carbocycles. The maximum absolute atomic E-state index is 14.5. The van der Waals surface area contributed by atoms with Crippen molar-refractivity contribution in [2.75, 3.05) is 0 Å². The Bertz CT molecular complexity index is 1120. The van der Waals surface area contributed by atoms with E-state index in [9.17, 15) is 18.4 Å². The number of carbonyl (C=O) groups excluding carboxylic acids is 2. The normalized spacial score (nSPS) is 12.6. The third kappa shape index (κ3) is 7.36. The SMILES string of the molecule is CC[C@@H](C)NC(=O)[C@H](Cc1ccccc1)N(Cc1ccc(F)cc1)C(=O)Cc1c(F)cccc1Cl. The van der Waals surface area contributed by atoms with E-state index >= 15 is 0 Å². The lowest BCUT2D eigenvalue weighted by Crippen LogP contribution is -2.52. The van der Waals surface area contributed by atoms with Crippen molar-refractivity contribution in [1.82, 2.24) is 10.2 Å². The summed E-state index contributed by atoms with van der Waals surface area (Å²) in [5.74, 6) is -1.75. The van der Waals surface area contributed by atoms with E-state index in [1.165, 1.54) is 35.2 Å². The summed E-state index contributed by atoms with van der Waals surface area (Å²) in [5, 5.41) is 3.12. The third-order valence-corrected chi connectivity index (χ3v) is 6.28. The van der Waals surface area contributed by atoms with Gasteiger partial charge >= 0.3 is 0 Å². The molecule has 3 rings (SSSR count). The van der Waals surface area contributed by atoms with E-state index in [0.29, 0.717) is 5.56 Å². The number of rotatable bonds is 10. The second kappa shape index (κ2) is 12.5. The predicted molar refractivity (Wildman–Crippen MR) is 134 cm³/mol. The van der Waals surface area contributed by atoms with E-state index in [-0.39, 0.29) is 41.9 Å². The molecule has 3 aromatic rings. The summed E-state index contributed by atoms with van der Waals surface area (Å²) in [6.07, 6.45) is 0.677. The highest BCUT2D eigenvalue weighted by Crippen LogP contribution is 2.22. The summed E-state index contributed by atoms with van der Waals surface area (Å²) >= 11 is 6.18. The van der Waals surface area contributed by atoms with Crippen LogP contribution in [0.15, 0.2) is 72.8 Å². The highest BCUT2D eigenvalue weighted by Gasteiger charge is 2.31. The number of nitrogens with one attached hydrogen (secondary N) is 1. The molecule has 0 fully saturated rings. The number of benzene rings is 3. The van der Waals surface area contributed by atoms with Crippen LogP contribution in [0.3, 0.4) is 0 Å². The molecule has 35 heavy (non-hydrogen) atoms. The molecule has 184 valence electrons. The average Bonchev–Trinajstić information content (AvgIpc) is 2.85. The van der Waals surface area contributed by atoms with Crippen LogP contribution in [0.25, 0.3) is 0 Å². The highest BCUT2D eigenvalue weighted by atomic mass is 35.5. The van der Waals surface area contributed by atoms with Gasteiger partial charge in [-0.1, -0.05) is 67.1 Å². The van der Waals surface area contributed by atoms with Crippen molar-refractivity contribution in [2.24, 2.45) is 0 Å². The minimum absolute atomic E-state index is 0.0522. The van der Waals surface area contributed by atoms with Gasteiger partial charge in [-0.2, -0.15) is 0 Å². The molecule has 0 aromatic heterocycles. The summed E-state index contributed by atoms with van der Waals surface area (Å²) < 4.78 is 28.0. The molecule has 1 N–H and O–H groups in total. The summed E-state index contributed by atoms with van der Waals surface area (Å²) in [4.78, 5) is 28.5. The summed E-state index contributed by atoms with van der Waals surface area (Å²) in [7, 11) is 0. The Morgan fingerprint density at radius 1 is 0.943 bits per heavy atom. The molecule has 7 heteroatoms. The van der Waals surface area contributed by atoms with Gasteiger partial charge in [-0.05, 0) is 48.7 Å². The highest BCUT2D eigenvalue weighted by molar-refractivity contribution is 6.31. The Morgan fingerprint density at radius 2 is 1.63 bits per heavy atom. The number of hydrogen-bond donors (Lipinski definition) is 1. The molecular formula is C28H29ClF2N2O2. The van der Waals surface area contributed by atoms with Crippen molar-refractivity contribution in [3.63, 3.8) is 0 Å². The molecule has 0 saturated heterocycles. The van der Waals surface area contributed by atoms with Crippen molar-refractivity contribution in [3.8, 4) is 0 Å². The van der Waals surface area contributed by atoms with E-state index in [1.807, 2.05) is 44.2 Å².